The highest BCUT2D eigenvalue weighted by molar-refractivity contribution is 8.06. The smallest absolute Gasteiger partial charge is 0.222 e. The summed E-state index contributed by atoms with van der Waals surface area (Å²) in [5.41, 5.74) is 3.42. The summed E-state index contributed by atoms with van der Waals surface area (Å²) in [5.74, 6) is -0.173. The molecule has 1 saturated carbocycles. The largest absolute Gasteiger partial charge is 0.472 e. The molecule has 0 amide bonds. The number of hydrogen-bond acceptors (Lipinski definition) is 5. The van der Waals surface area contributed by atoms with Crippen LogP contribution < -0.4 is 5.32 Å². The Labute approximate surface area is 223 Å². The van der Waals surface area contributed by atoms with E-state index in [0.29, 0.717) is 5.92 Å². The predicted octanol–water partition coefficient (Wildman–Crippen LogP) is 6.44. The average molecular weight is 541 g/mol. The number of furan rings is 1. The molecule has 202 valence electrons. The van der Waals surface area contributed by atoms with E-state index < -0.39 is 25.6 Å². The van der Waals surface area contributed by atoms with E-state index >= 15 is 0 Å². The van der Waals surface area contributed by atoms with E-state index in [-0.39, 0.29) is 30.1 Å². The molecular formula is C30H34F2N2O3S. The van der Waals surface area contributed by atoms with Crippen LogP contribution in [-0.2, 0) is 22.7 Å². The molecule has 0 aliphatic heterocycles. The van der Waals surface area contributed by atoms with Gasteiger partial charge in [-0.15, -0.1) is 0 Å². The molecule has 1 heterocycles. The van der Waals surface area contributed by atoms with E-state index in [0.717, 1.165) is 68.7 Å². The minimum atomic E-state index is -4.10. The number of fused-ring (bicyclic) bond motifs is 1. The molecule has 1 aromatic heterocycles. The van der Waals surface area contributed by atoms with Crippen molar-refractivity contribution in [3.05, 3.63) is 89.4 Å². The van der Waals surface area contributed by atoms with E-state index in [1.54, 1.807) is 24.7 Å². The third-order valence-electron chi connectivity index (χ3n) is 8.31. The zero-order chi connectivity index (χ0) is 26.7. The Kier molecular flexibility index (Phi) is 8.09. The maximum atomic E-state index is 14.0. The second kappa shape index (κ2) is 11.5. The Morgan fingerprint density at radius 2 is 1.76 bits per heavy atom. The number of aryl methyl sites for hydroxylation is 1. The Balaban J connectivity index is 1.16. The fourth-order valence-electron chi connectivity index (χ4n) is 6.17. The zero-order valence-electron chi connectivity index (χ0n) is 21.3. The Morgan fingerprint density at radius 1 is 1.00 bits per heavy atom. The zero-order valence-corrected chi connectivity index (χ0v) is 22.2. The fourth-order valence-corrected chi connectivity index (χ4v) is 7.47. The molecular weight excluding hydrogens is 506 g/mol. The van der Waals surface area contributed by atoms with E-state index in [4.69, 9.17) is 9.83 Å². The summed E-state index contributed by atoms with van der Waals surface area (Å²) in [4.78, 5) is -0.412. The molecule has 8 heteroatoms. The summed E-state index contributed by atoms with van der Waals surface area (Å²) >= 11 is 0. The highest BCUT2D eigenvalue weighted by Gasteiger charge is 2.32. The molecule has 3 aromatic rings. The first kappa shape index (κ1) is 26.8. The average Bonchev–Trinajstić information content (AvgIpc) is 3.42. The third kappa shape index (κ3) is 5.91. The van der Waals surface area contributed by atoms with E-state index in [1.807, 2.05) is 12.1 Å². The Bertz CT molecular complexity index is 1370. The third-order valence-corrected chi connectivity index (χ3v) is 10.0. The molecule has 2 atom stereocenters. The SMILES string of the molecule is N=C(CC1CCC(CNC2CCc3cc(F)ccc3C2Cc2ccoc2)CC1)S(=O)(=O)c1ccccc1F. The first-order valence-electron chi connectivity index (χ1n) is 13.4. The summed E-state index contributed by atoms with van der Waals surface area (Å²) in [5, 5.41) is 11.6. The van der Waals surface area contributed by atoms with Crippen LogP contribution in [0.15, 0.2) is 70.4 Å². The van der Waals surface area contributed by atoms with Crippen LogP contribution in [0.25, 0.3) is 0 Å². The normalized spacial score (nSPS) is 23.6. The van der Waals surface area contributed by atoms with Crippen LogP contribution in [0.5, 0.6) is 0 Å². The lowest BCUT2D eigenvalue weighted by atomic mass is 9.76. The van der Waals surface area contributed by atoms with Crippen molar-refractivity contribution in [2.24, 2.45) is 11.8 Å². The van der Waals surface area contributed by atoms with Crippen LogP contribution in [0, 0.1) is 28.9 Å². The molecule has 2 aliphatic rings. The molecule has 2 unspecified atom stereocenters. The van der Waals surface area contributed by atoms with Crippen molar-refractivity contribution in [1.82, 2.24) is 5.32 Å². The van der Waals surface area contributed by atoms with Gasteiger partial charge in [-0.2, -0.15) is 0 Å². The summed E-state index contributed by atoms with van der Waals surface area (Å²) in [6, 6.07) is 12.7. The molecule has 0 saturated heterocycles. The van der Waals surface area contributed by atoms with E-state index in [1.165, 1.54) is 23.8 Å². The van der Waals surface area contributed by atoms with Gasteiger partial charge in [0.05, 0.1) is 12.5 Å². The second-order valence-corrected chi connectivity index (χ2v) is 12.7. The highest BCUT2D eigenvalue weighted by Crippen LogP contribution is 2.36. The number of hydrogen-bond donors (Lipinski definition) is 2. The maximum absolute atomic E-state index is 14.0. The number of benzene rings is 2. The highest BCUT2D eigenvalue weighted by atomic mass is 32.2. The fraction of sp³-hybridized carbons (Fsp3) is 0.433. The lowest BCUT2D eigenvalue weighted by Crippen LogP contribution is -2.42. The van der Waals surface area contributed by atoms with Crippen molar-refractivity contribution in [1.29, 1.82) is 5.41 Å². The summed E-state index contributed by atoms with van der Waals surface area (Å²) in [6.45, 7) is 0.876. The molecule has 0 bridgehead atoms. The van der Waals surface area contributed by atoms with Gasteiger partial charge in [-0.05, 0) is 110 Å². The minimum absolute atomic E-state index is 0.116. The van der Waals surface area contributed by atoms with Crippen LogP contribution in [0.3, 0.4) is 0 Å². The van der Waals surface area contributed by atoms with Gasteiger partial charge in [0.15, 0.2) is 0 Å². The quantitative estimate of drug-likeness (QED) is 0.255. The van der Waals surface area contributed by atoms with Crippen molar-refractivity contribution in [2.75, 3.05) is 6.54 Å². The Morgan fingerprint density at radius 3 is 2.50 bits per heavy atom. The number of nitrogens with one attached hydrogen (secondary N) is 2. The lowest BCUT2D eigenvalue weighted by molar-refractivity contribution is 0.255. The monoisotopic (exact) mass is 540 g/mol. The predicted molar refractivity (Wildman–Crippen MR) is 143 cm³/mol. The molecule has 0 radical (unpaired) electrons. The standard InChI is InChI=1S/C30H34F2N2O3S/c31-24-10-11-25-23(17-24)9-12-28(26(25)15-22-13-14-37-19-22)34-18-21-7-5-20(6-8-21)16-30(33)38(35,36)29-4-2-1-3-27(29)32/h1-4,10-11,13-14,17,19-21,26,28,33-34H,5-9,12,15-16,18H2. The van der Waals surface area contributed by atoms with Crippen molar-refractivity contribution >= 4 is 14.9 Å². The van der Waals surface area contributed by atoms with Crippen molar-refractivity contribution in [3.8, 4) is 0 Å². The van der Waals surface area contributed by atoms with Crippen LogP contribution in [0.4, 0.5) is 8.78 Å². The molecule has 5 rings (SSSR count). The van der Waals surface area contributed by atoms with Gasteiger partial charge in [0.1, 0.15) is 21.6 Å². The molecule has 1 fully saturated rings. The Hall–Kier alpha value is -2.84. The van der Waals surface area contributed by atoms with Crippen LogP contribution in [-0.4, -0.2) is 26.0 Å². The molecule has 5 nitrogen and oxygen atoms in total. The summed E-state index contributed by atoms with van der Waals surface area (Å²) in [7, 11) is -4.10. The first-order chi connectivity index (χ1) is 18.3. The van der Waals surface area contributed by atoms with Crippen molar-refractivity contribution < 1.29 is 21.6 Å². The molecule has 2 aliphatic carbocycles. The van der Waals surface area contributed by atoms with Gasteiger partial charge in [-0.1, -0.05) is 18.2 Å². The van der Waals surface area contributed by atoms with E-state index in [9.17, 15) is 17.2 Å². The van der Waals surface area contributed by atoms with Crippen LogP contribution in [0.2, 0.25) is 0 Å². The lowest BCUT2D eigenvalue weighted by Gasteiger charge is -2.36. The van der Waals surface area contributed by atoms with Crippen molar-refractivity contribution in [2.45, 2.75) is 68.2 Å². The molecule has 0 spiro atoms. The van der Waals surface area contributed by atoms with Gasteiger partial charge in [-0.3, -0.25) is 5.41 Å². The topological polar surface area (TPSA) is 83.2 Å². The minimum Gasteiger partial charge on any atom is -0.472 e. The van der Waals surface area contributed by atoms with Gasteiger partial charge in [0.2, 0.25) is 9.84 Å². The van der Waals surface area contributed by atoms with Gasteiger partial charge < -0.3 is 9.73 Å². The van der Waals surface area contributed by atoms with Gasteiger partial charge >= 0.3 is 0 Å². The number of halogens is 2. The van der Waals surface area contributed by atoms with Crippen LogP contribution in [0.1, 0.15) is 61.1 Å². The summed E-state index contributed by atoms with van der Waals surface area (Å²) in [6.07, 6.45) is 9.87. The molecule has 2 aromatic carbocycles. The van der Waals surface area contributed by atoms with Gasteiger partial charge in [-0.25, -0.2) is 17.2 Å². The van der Waals surface area contributed by atoms with Crippen molar-refractivity contribution in [3.63, 3.8) is 0 Å². The number of sulfone groups is 1. The van der Waals surface area contributed by atoms with Crippen LogP contribution >= 0.6 is 0 Å². The van der Waals surface area contributed by atoms with E-state index in [2.05, 4.69) is 5.32 Å². The molecule has 38 heavy (non-hydrogen) atoms. The van der Waals surface area contributed by atoms with Gasteiger partial charge in [0, 0.05) is 18.4 Å². The summed E-state index contributed by atoms with van der Waals surface area (Å²) < 4.78 is 58.6. The second-order valence-electron chi connectivity index (χ2n) is 10.8. The maximum Gasteiger partial charge on any atom is 0.222 e. The van der Waals surface area contributed by atoms with Gasteiger partial charge in [0.25, 0.3) is 0 Å². The first-order valence-corrected chi connectivity index (χ1v) is 14.9. The molecule has 2 N–H and O–H groups in total. The number of rotatable bonds is 8.